The van der Waals surface area contributed by atoms with Crippen LogP contribution in [0.4, 0.5) is 0 Å². The lowest BCUT2D eigenvalue weighted by molar-refractivity contribution is -0.660. The van der Waals surface area contributed by atoms with Gasteiger partial charge in [-0.3, -0.25) is 0 Å². The fourth-order valence-corrected chi connectivity index (χ4v) is 15.6. The molecule has 0 bridgehead atoms. The monoisotopic (exact) mass is 1290 g/mol. The van der Waals surface area contributed by atoms with Gasteiger partial charge in [0, 0.05) is 83.5 Å². The standard InChI is InChI=1S/C25H28N.C24H26N.C23H24N.C22H22N/c1-17-21(23-14-18(12-13-26(23)5)16-25(2,3)4)11-10-20-15-19-8-6-7-9-22(19)24(17)20;1-15(2)22-13-23(25(5)14-16(22)3)20-11-10-19-12-18-8-6-7-9-21(18)24(19)17(20)4;1-15(2)17-11-12-24(4)22(14-17)20-10-9-19-13-18-7-5-6-8-21(18)23(19)16(20)3;1-14-11-21(23(4)13-15(14)2)19-10-9-18-12-17-7-5-6-8-20(17)22(18)16(19)3/h6-14H,15-16H2,1-5H3;6-11,13-15H,12H2,1-5H3;5-12,14-15H,13H2,1-4H3;5-11,13H,12H2,1-4H3/q4*+1/i16D2;3D3,15D;15D;2D3. The van der Waals surface area contributed by atoms with Gasteiger partial charge in [-0.05, 0) is 255 Å². The topological polar surface area (TPSA) is 15.5 Å². The maximum absolute atomic E-state index is 8.68. The second kappa shape index (κ2) is 27.0. The molecule has 0 radical (unpaired) electrons. The van der Waals surface area contributed by atoms with Gasteiger partial charge in [-0.2, -0.15) is 0 Å². The third-order valence-electron chi connectivity index (χ3n) is 20.7. The molecule has 8 aromatic carbocycles. The van der Waals surface area contributed by atoms with Gasteiger partial charge in [0.2, 0.25) is 22.8 Å². The Morgan fingerprint density at radius 3 is 1.08 bits per heavy atom. The predicted octanol–water partition coefficient (Wildman–Crippen LogP) is 21.0. The number of rotatable bonds is 7. The molecule has 4 aliphatic carbocycles. The lowest BCUT2D eigenvalue weighted by atomic mass is 9.87. The van der Waals surface area contributed by atoms with Crippen LogP contribution in [0.15, 0.2) is 207 Å². The zero-order valence-electron chi connectivity index (χ0n) is 70.2. The second-order valence-electron chi connectivity index (χ2n) is 29.1. The number of hydrogen-bond donors (Lipinski definition) is 0. The van der Waals surface area contributed by atoms with Crippen LogP contribution in [-0.4, -0.2) is 0 Å². The molecule has 492 valence electrons. The summed E-state index contributed by atoms with van der Waals surface area (Å²) in [5.41, 5.74) is 38.9. The normalized spacial score (nSPS) is 14.6. The summed E-state index contributed by atoms with van der Waals surface area (Å²) in [5.74, 6) is -1.61. The van der Waals surface area contributed by atoms with Crippen molar-refractivity contribution in [3.05, 3.63) is 307 Å². The first-order chi connectivity index (χ1) is 50.7. The van der Waals surface area contributed by atoms with E-state index in [-0.39, 0.29) is 5.56 Å². The Hall–Kier alpha value is -9.64. The van der Waals surface area contributed by atoms with Crippen molar-refractivity contribution in [3.8, 4) is 89.5 Å². The summed E-state index contributed by atoms with van der Waals surface area (Å²) in [5, 5.41) is 0. The van der Waals surface area contributed by atoms with E-state index in [2.05, 4.69) is 208 Å². The average Bonchev–Trinajstić information content (AvgIpc) is 1.50. The fourth-order valence-electron chi connectivity index (χ4n) is 15.6. The highest BCUT2D eigenvalue weighted by Gasteiger charge is 2.30. The van der Waals surface area contributed by atoms with Gasteiger partial charge in [0.15, 0.2) is 24.8 Å². The maximum atomic E-state index is 8.68. The molecule has 0 saturated heterocycles. The number of aromatic nitrogens is 4. The molecule has 4 aromatic heterocycles. The first-order valence-electron chi connectivity index (χ1n) is 39.6. The number of aryl methyl sites for hydroxylation is 7. The van der Waals surface area contributed by atoms with Crippen LogP contribution >= 0.6 is 0 Å². The van der Waals surface area contributed by atoms with Crippen LogP contribution in [-0.2, 0) is 60.2 Å². The van der Waals surface area contributed by atoms with Gasteiger partial charge in [0.05, 0.1) is 0 Å². The number of pyridine rings is 4. The lowest BCUT2D eigenvalue weighted by Crippen LogP contribution is -2.32. The number of fused-ring (bicyclic) bond motifs is 12. The van der Waals surface area contributed by atoms with Gasteiger partial charge in [0.25, 0.3) is 0 Å². The zero-order chi connectivity index (χ0) is 77.8. The van der Waals surface area contributed by atoms with E-state index < -0.39 is 37.3 Å². The van der Waals surface area contributed by atoms with Gasteiger partial charge in [-0.1, -0.05) is 170 Å². The summed E-state index contributed by atoms with van der Waals surface area (Å²) in [7, 11) is 7.92. The third kappa shape index (κ3) is 12.8. The first-order valence-corrected chi connectivity index (χ1v) is 34.6. The largest absolute Gasteiger partial charge is 0.212 e. The highest BCUT2D eigenvalue weighted by molar-refractivity contribution is 5.88. The van der Waals surface area contributed by atoms with E-state index in [1.165, 1.54) is 128 Å². The molecule has 0 saturated carbocycles. The molecule has 0 aliphatic heterocycles. The van der Waals surface area contributed by atoms with Crippen LogP contribution in [0.2, 0.25) is 0 Å². The van der Waals surface area contributed by atoms with Crippen molar-refractivity contribution in [2.75, 3.05) is 0 Å². The van der Waals surface area contributed by atoms with Crippen LogP contribution in [0.5, 0.6) is 0 Å². The van der Waals surface area contributed by atoms with Crippen molar-refractivity contribution < 1.29 is 32.0 Å². The van der Waals surface area contributed by atoms with Crippen LogP contribution in [0.25, 0.3) is 89.5 Å². The van der Waals surface area contributed by atoms with Crippen LogP contribution in [0, 0.1) is 53.7 Å². The number of benzene rings is 8. The molecule has 0 N–H and O–H groups in total. The van der Waals surface area contributed by atoms with Crippen molar-refractivity contribution in [3.63, 3.8) is 0 Å². The summed E-state index contributed by atoms with van der Waals surface area (Å²) < 4.78 is 89.3. The minimum Gasteiger partial charge on any atom is -0.201 e. The number of hydrogen-bond acceptors (Lipinski definition) is 0. The Morgan fingerprint density at radius 2 is 0.714 bits per heavy atom. The molecule has 4 heteroatoms. The molecule has 12 aromatic rings. The Balaban J connectivity index is 0.000000127. The Bertz CT molecular complexity index is 5580. The first kappa shape index (κ1) is 55.4. The summed E-state index contributed by atoms with van der Waals surface area (Å²) in [6, 6.07) is 64.2. The molecule has 0 amide bonds. The third-order valence-corrected chi connectivity index (χ3v) is 20.7. The molecule has 4 aliphatic rings. The molecular weight excluding hydrogens is 1190 g/mol. The van der Waals surface area contributed by atoms with Crippen LogP contribution < -0.4 is 18.3 Å². The molecule has 0 unspecified atom stereocenters. The van der Waals surface area contributed by atoms with Gasteiger partial charge in [-0.15, -0.1) is 0 Å². The Labute approximate surface area is 599 Å². The minimum absolute atomic E-state index is 0.243. The van der Waals surface area contributed by atoms with E-state index in [0.29, 0.717) is 11.1 Å². The van der Waals surface area contributed by atoms with Crippen molar-refractivity contribution in [1.82, 2.24) is 0 Å². The zero-order valence-corrected chi connectivity index (χ0v) is 60.2. The van der Waals surface area contributed by atoms with E-state index in [1.54, 1.807) is 26.2 Å². The van der Waals surface area contributed by atoms with Gasteiger partial charge < -0.3 is 0 Å². The average molecular weight is 1300 g/mol. The van der Waals surface area contributed by atoms with E-state index in [9.17, 15) is 0 Å². The molecule has 4 nitrogen and oxygen atoms in total. The summed E-state index contributed by atoms with van der Waals surface area (Å²) in [6.07, 6.45) is 10.0. The molecule has 16 rings (SSSR count). The fraction of sp³-hybridized carbons (Fsp3) is 0.277. The molecule has 0 atom stereocenters. The predicted molar refractivity (Wildman–Crippen MR) is 410 cm³/mol. The second-order valence-corrected chi connectivity index (χ2v) is 29.1. The molecule has 0 spiro atoms. The highest BCUT2D eigenvalue weighted by Crippen LogP contribution is 2.46. The highest BCUT2D eigenvalue weighted by atomic mass is 14.9. The molecule has 98 heavy (non-hydrogen) atoms. The van der Waals surface area contributed by atoms with Gasteiger partial charge in [0.1, 0.15) is 28.2 Å². The SMILES string of the molecule is [2H]C(C)(C)c1cc[n+](C)c(-c2ccc3c(c2C)-c2ccccc2C3)c1.[2H]C([2H])([2H])c1c[n+](C)c(-c2ccc3c(c2C)-c2ccccc2C3)cc1C.[2H]C([2H])([2H])c1c[n+](C)c(-c2ccc3c(c2C)-c2ccccc2C3)cc1C([2H])(C)C.[2H]C([2H])(c1cc[n+](C)c(-c2ccc3c(c2C)-c2ccccc2C3)c1)C(C)(C)C. The van der Waals surface area contributed by atoms with Gasteiger partial charge >= 0.3 is 0 Å². The van der Waals surface area contributed by atoms with Crippen molar-refractivity contribution in [2.24, 2.45) is 33.6 Å². The summed E-state index contributed by atoms with van der Waals surface area (Å²) >= 11 is 0. The summed E-state index contributed by atoms with van der Waals surface area (Å²) in [6.45, 7) is 19.5. The molecular formula is C94H100N4+4. The van der Waals surface area contributed by atoms with Crippen molar-refractivity contribution in [2.45, 2.75) is 141 Å². The van der Waals surface area contributed by atoms with Crippen LogP contribution in [0.1, 0.15) is 174 Å². The Morgan fingerprint density at radius 1 is 0.367 bits per heavy atom. The van der Waals surface area contributed by atoms with Crippen LogP contribution in [0.3, 0.4) is 0 Å². The quantitative estimate of drug-likeness (QED) is 0.141. The van der Waals surface area contributed by atoms with E-state index >= 15 is 0 Å². The molecule has 4 heterocycles. The van der Waals surface area contributed by atoms with Gasteiger partial charge in [-0.25, -0.2) is 18.3 Å². The van der Waals surface area contributed by atoms with E-state index in [0.717, 1.165) is 70.6 Å². The van der Waals surface area contributed by atoms with Crippen molar-refractivity contribution >= 4 is 0 Å². The molecule has 0 fully saturated rings. The Kier molecular flexibility index (Phi) is 15.3. The summed E-state index contributed by atoms with van der Waals surface area (Å²) in [4.78, 5) is 0. The van der Waals surface area contributed by atoms with E-state index in [1.807, 2.05) is 102 Å². The minimum atomic E-state index is -2.25. The van der Waals surface area contributed by atoms with Crippen molar-refractivity contribution in [1.29, 1.82) is 0 Å². The van der Waals surface area contributed by atoms with E-state index in [4.69, 9.17) is 13.7 Å². The smallest absolute Gasteiger partial charge is 0.201 e. The maximum Gasteiger partial charge on any atom is 0.212 e. The lowest BCUT2D eigenvalue weighted by Gasteiger charge is -2.18. The number of nitrogens with zero attached hydrogens (tertiary/aromatic N) is 4.